The smallest absolute Gasteiger partial charge is 0.276 e. The van der Waals surface area contributed by atoms with Crippen LogP contribution in [0.2, 0.25) is 0 Å². The van der Waals surface area contributed by atoms with Gasteiger partial charge in [-0.1, -0.05) is 0 Å². The number of hydrogen-bond acceptors (Lipinski definition) is 4. The Hall–Kier alpha value is -2.18. The average molecular weight is 246 g/mol. The van der Waals surface area contributed by atoms with E-state index in [2.05, 4.69) is 25.6 Å². The summed E-state index contributed by atoms with van der Waals surface area (Å²) in [4.78, 5) is 14.0. The molecule has 1 atom stereocenters. The van der Waals surface area contributed by atoms with Crippen molar-refractivity contribution < 1.29 is 4.79 Å². The summed E-state index contributed by atoms with van der Waals surface area (Å²) in [5.74, 6) is 0.269. The van der Waals surface area contributed by atoms with Crippen molar-refractivity contribution in [2.75, 3.05) is 13.1 Å². The molecule has 0 spiro atoms. The molecular weight excluding hydrogens is 232 g/mol. The van der Waals surface area contributed by atoms with Gasteiger partial charge in [-0.15, -0.1) is 0 Å². The molecule has 0 unspecified atom stereocenters. The van der Waals surface area contributed by atoms with Crippen molar-refractivity contribution >= 4 is 5.91 Å². The lowest BCUT2D eigenvalue weighted by molar-refractivity contribution is 0.0700. The number of aromatic amines is 2. The Labute approximate surface area is 104 Å². The first kappa shape index (κ1) is 10.9. The van der Waals surface area contributed by atoms with E-state index in [1.807, 2.05) is 11.0 Å². The molecule has 0 saturated carbocycles. The van der Waals surface area contributed by atoms with Crippen LogP contribution in [-0.4, -0.2) is 49.5 Å². The fourth-order valence-electron chi connectivity index (χ4n) is 2.38. The van der Waals surface area contributed by atoms with Gasteiger partial charge in [0.25, 0.3) is 5.91 Å². The van der Waals surface area contributed by atoms with Gasteiger partial charge in [0, 0.05) is 30.9 Å². The first-order valence-electron chi connectivity index (χ1n) is 5.99. The minimum atomic E-state index is -0.0621. The second kappa shape index (κ2) is 4.59. The average Bonchev–Trinajstić information content (AvgIpc) is 3.11. The van der Waals surface area contributed by atoms with Gasteiger partial charge in [-0.2, -0.15) is 20.5 Å². The van der Waals surface area contributed by atoms with Crippen molar-refractivity contribution in [2.45, 2.75) is 18.8 Å². The monoisotopic (exact) mass is 246 g/mol. The Balaban J connectivity index is 1.73. The Morgan fingerprint density at radius 2 is 2.39 bits per heavy atom. The molecule has 3 rings (SSSR count). The third-order valence-electron chi connectivity index (χ3n) is 3.30. The summed E-state index contributed by atoms with van der Waals surface area (Å²) in [6, 6.07) is 1.97. The van der Waals surface area contributed by atoms with Crippen LogP contribution >= 0.6 is 0 Å². The third-order valence-corrected chi connectivity index (χ3v) is 3.30. The molecule has 0 radical (unpaired) electrons. The van der Waals surface area contributed by atoms with Crippen molar-refractivity contribution in [3.05, 3.63) is 29.8 Å². The first-order valence-corrected chi connectivity index (χ1v) is 5.99. The lowest BCUT2D eigenvalue weighted by atomic mass is 9.95. The van der Waals surface area contributed by atoms with Gasteiger partial charge < -0.3 is 4.90 Å². The number of carbonyl (C=O) groups excluding carboxylic acids is 1. The van der Waals surface area contributed by atoms with Crippen molar-refractivity contribution in [1.29, 1.82) is 0 Å². The molecule has 0 bridgehead atoms. The number of aromatic nitrogens is 5. The van der Waals surface area contributed by atoms with E-state index in [1.54, 1.807) is 6.20 Å². The van der Waals surface area contributed by atoms with Crippen molar-refractivity contribution in [3.63, 3.8) is 0 Å². The van der Waals surface area contributed by atoms with Crippen molar-refractivity contribution in [1.82, 2.24) is 30.5 Å². The Bertz CT molecular complexity index is 506. The van der Waals surface area contributed by atoms with Crippen LogP contribution < -0.4 is 0 Å². The zero-order valence-electron chi connectivity index (χ0n) is 9.83. The summed E-state index contributed by atoms with van der Waals surface area (Å²) < 4.78 is 0. The molecule has 0 aliphatic carbocycles. The maximum atomic E-state index is 12.2. The number of likely N-dealkylation sites (tertiary alicyclic amines) is 1. The normalized spacial score (nSPS) is 20.0. The van der Waals surface area contributed by atoms with E-state index in [4.69, 9.17) is 0 Å². The summed E-state index contributed by atoms with van der Waals surface area (Å²) in [6.07, 6.45) is 5.27. The van der Waals surface area contributed by atoms with Crippen LogP contribution in [0.5, 0.6) is 0 Å². The highest BCUT2D eigenvalue weighted by Crippen LogP contribution is 2.25. The van der Waals surface area contributed by atoms with E-state index in [0.29, 0.717) is 18.2 Å². The zero-order chi connectivity index (χ0) is 12.4. The summed E-state index contributed by atoms with van der Waals surface area (Å²) in [7, 11) is 0. The fourth-order valence-corrected chi connectivity index (χ4v) is 2.38. The number of H-pyrrole nitrogens is 2. The van der Waals surface area contributed by atoms with Crippen LogP contribution in [0, 0.1) is 0 Å². The summed E-state index contributed by atoms with van der Waals surface area (Å²) >= 11 is 0. The molecule has 7 nitrogen and oxygen atoms in total. The number of carbonyl (C=O) groups is 1. The number of hydrogen-bond donors (Lipinski definition) is 2. The number of piperidine rings is 1. The number of amides is 1. The first-order chi connectivity index (χ1) is 8.84. The quantitative estimate of drug-likeness (QED) is 0.809. The molecular formula is C11H14N6O. The predicted octanol–water partition coefficient (Wildman–Crippen LogP) is 0.548. The minimum absolute atomic E-state index is 0.0621. The number of nitrogens with zero attached hydrogens (tertiary/aromatic N) is 4. The molecule has 7 heteroatoms. The lowest BCUT2D eigenvalue weighted by Gasteiger charge is -2.31. The highest BCUT2D eigenvalue weighted by Gasteiger charge is 2.27. The van der Waals surface area contributed by atoms with Crippen molar-refractivity contribution in [3.8, 4) is 0 Å². The van der Waals surface area contributed by atoms with Gasteiger partial charge in [-0.25, -0.2) is 0 Å². The van der Waals surface area contributed by atoms with E-state index in [9.17, 15) is 4.79 Å². The van der Waals surface area contributed by atoms with Gasteiger partial charge >= 0.3 is 0 Å². The zero-order valence-corrected chi connectivity index (χ0v) is 9.83. The molecule has 0 aromatic carbocycles. The second-order valence-electron chi connectivity index (χ2n) is 4.46. The molecule has 1 aliphatic rings. The second-order valence-corrected chi connectivity index (χ2v) is 4.46. The lowest BCUT2D eigenvalue weighted by Crippen LogP contribution is -2.39. The highest BCUT2D eigenvalue weighted by atomic mass is 16.2. The molecule has 2 N–H and O–H groups in total. The van der Waals surface area contributed by atoms with Gasteiger partial charge in [0.1, 0.15) is 0 Å². The Kier molecular flexibility index (Phi) is 2.79. The standard InChI is InChI=1S/C11H14N6O/c18-11(10-6-13-16-15-10)17-5-1-2-8(7-17)9-3-4-12-14-9/h3-4,6,8H,1-2,5,7H2,(H,12,14)(H,13,15,16)/t8-/m0/s1. The van der Waals surface area contributed by atoms with Crippen LogP contribution in [0.4, 0.5) is 0 Å². The van der Waals surface area contributed by atoms with E-state index in [0.717, 1.165) is 25.1 Å². The summed E-state index contributed by atoms with van der Waals surface area (Å²) in [5, 5.41) is 16.9. The van der Waals surface area contributed by atoms with Crippen LogP contribution in [0.15, 0.2) is 18.5 Å². The molecule has 1 aliphatic heterocycles. The predicted molar refractivity (Wildman–Crippen MR) is 62.8 cm³/mol. The Morgan fingerprint density at radius 3 is 3.11 bits per heavy atom. The maximum Gasteiger partial charge on any atom is 0.276 e. The molecule has 3 heterocycles. The maximum absolute atomic E-state index is 12.2. The van der Waals surface area contributed by atoms with E-state index in [1.165, 1.54) is 6.20 Å². The van der Waals surface area contributed by atoms with Crippen molar-refractivity contribution in [2.24, 2.45) is 0 Å². The van der Waals surface area contributed by atoms with Gasteiger partial charge in [0.05, 0.1) is 6.20 Å². The summed E-state index contributed by atoms with van der Waals surface area (Å²) in [5.41, 5.74) is 1.47. The van der Waals surface area contributed by atoms with Crippen LogP contribution in [-0.2, 0) is 0 Å². The topological polar surface area (TPSA) is 90.6 Å². The minimum Gasteiger partial charge on any atom is -0.337 e. The van der Waals surface area contributed by atoms with E-state index >= 15 is 0 Å². The molecule has 1 fully saturated rings. The fraction of sp³-hybridized carbons (Fsp3) is 0.455. The molecule has 2 aromatic rings. The van der Waals surface area contributed by atoms with Crippen LogP contribution in [0.25, 0.3) is 0 Å². The van der Waals surface area contributed by atoms with Gasteiger partial charge in [-0.05, 0) is 18.9 Å². The van der Waals surface area contributed by atoms with E-state index in [-0.39, 0.29) is 5.91 Å². The van der Waals surface area contributed by atoms with Gasteiger partial charge in [0.2, 0.25) is 0 Å². The van der Waals surface area contributed by atoms with Crippen LogP contribution in [0.3, 0.4) is 0 Å². The van der Waals surface area contributed by atoms with Crippen LogP contribution in [0.1, 0.15) is 34.9 Å². The molecule has 1 amide bonds. The SMILES string of the molecule is O=C(c1cn[nH]n1)N1CCC[C@H](c2ccn[nH]2)C1. The Morgan fingerprint density at radius 1 is 1.44 bits per heavy atom. The molecule has 18 heavy (non-hydrogen) atoms. The molecule has 2 aromatic heterocycles. The van der Waals surface area contributed by atoms with Gasteiger partial charge in [-0.3, -0.25) is 9.89 Å². The van der Waals surface area contributed by atoms with E-state index < -0.39 is 0 Å². The molecule has 1 saturated heterocycles. The highest BCUT2D eigenvalue weighted by molar-refractivity contribution is 5.91. The largest absolute Gasteiger partial charge is 0.337 e. The van der Waals surface area contributed by atoms with Gasteiger partial charge in [0.15, 0.2) is 5.69 Å². The molecule has 94 valence electrons. The number of rotatable bonds is 2. The third kappa shape index (κ3) is 1.99. The summed E-state index contributed by atoms with van der Waals surface area (Å²) in [6.45, 7) is 1.48. The number of nitrogens with one attached hydrogen (secondary N) is 2.